The summed E-state index contributed by atoms with van der Waals surface area (Å²) in [6.07, 6.45) is 5.05. The van der Waals surface area contributed by atoms with Gasteiger partial charge in [0, 0.05) is 22.2 Å². The van der Waals surface area contributed by atoms with Gasteiger partial charge in [0.1, 0.15) is 4.32 Å². The molecule has 2 heterocycles. The number of hydrogen-bond acceptors (Lipinski definition) is 5. The van der Waals surface area contributed by atoms with E-state index in [1.54, 1.807) is 4.90 Å². The molecule has 37 heavy (non-hydrogen) atoms. The number of para-hydroxylation sites is 1. The minimum Gasteiger partial charge on any atom is -0.286 e. The summed E-state index contributed by atoms with van der Waals surface area (Å²) in [6, 6.07) is 28.4. The maximum absolute atomic E-state index is 13.5. The minimum absolute atomic E-state index is 0.0731. The number of benzene rings is 3. The van der Waals surface area contributed by atoms with Crippen LogP contribution in [0.15, 0.2) is 101 Å². The van der Waals surface area contributed by atoms with Crippen molar-refractivity contribution < 1.29 is 4.79 Å². The van der Waals surface area contributed by atoms with Crippen LogP contribution in [0.5, 0.6) is 0 Å². The van der Waals surface area contributed by atoms with Gasteiger partial charge in [-0.25, -0.2) is 4.68 Å². The fourth-order valence-corrected chi connectivity index (χ4v) is 6.37. The van der Waals surface area contributed by atoms with Crippen molar-refractivity contribution >= 4 is 52.0 Å². The third kappa shape index (κ3) is 5.59. The van der Waals surface area contributed by atoms with E-state index in [0.717, 1.165) is 40.2 Å². The second-order valence-electron chi connectivity index (χ2n) is 8.72. The first kappa shape index (κ1) is 25.5. The van der Waals surface area contributed by atoms with Gasteiger partial charge in [0.15, 0.2) is 0 Å². The molecule has 1 aliphatic heterocycles. The number of rotatable bonds is 8. The molecule has 5 rings (SSSR count). The quantitative estimate of drug-likeness (QED) is 0.128. The number of carbonyl (C=O) groups is 1. The van der Waals surface area contributed by atoms with Crippen LogP contribution in [-0.4, -0.2) is 30.7 Å². The molecule has 1 aromatic heterocycles. The molecule has 1 fully saturated rings. The van der Waals surface area contributed by atoms with Gasteiger partial charge in [-0.15, -0.1) is 11.8 Å². The monoisotopic (exact) mass is 541 g/mol. The smallest absolute Gasteiger partial charge is 0.266 e. The average Bonchev–Trinajstić information content (AvgIpc) is 3.48. The van der Waals surface area contributed by atoms with Crippen molar-refractivity contribution in [1.29, 1.82) is 0 Å². The van der Waals surface area contributed by atoms with Crippen LogP contribution < -0.4 is 0 Å². The molecule has 1 aliphatic rings. The van der Waals surface area contributed by atoms with Gasteiger partial charge in [-0.05, 0) is 55.0 Å². The van der Waals surface area contributed by atoms with E-state index in [4.69, 9.17) is 17.3 Å². The molecule has 186 valence electrons. The van der Waals surface area contributed by atoms with Gasteiger partial charge in [0.2, 0.25) is 0 Å². The number of nitrogens with zero attached hydrogens (tertiary/aromatic N) is 3. The largest absolute Gasteiger partial charge is 0.286 e. The molecule has 1 amide bonds. The van der Waals surface area contributed by atoms with Crippen LogP contribution in [0.3, 0.4) is 0 Å². The Bertz CT molecular complexity index is 1430. The van der Waals surface area contributed by atoms with Gasteiger partial charge in [0.25, 0.3) is 5.91 Å². The number of carbonyl (C=O) groups excluding carboxylic acids is 1. The predicted octanol–water partition coefficient (Wildman–Crippen LogP) is 8.00. The summed E-state index contributed by atoms with van der Waals surface area (Å²) in [5.74, 6) is 1.02. The van der Waals surface area contributed by atoms with Crippen molar-refractivity contribution in [3.05, 3.63) is 107 Å². The van der Waals surface area contributed by atoms with E-state index in [2.05, 4.69) is 31.2 Å². The van der Waals surface area contributed by atoms with Gasteiger partial charge in [-0.1, -0.05) is 91.6 Å². The molecule has 1 atom stereocenters. The maximum Gasteiger partial charge on any atom is 0.266 e. The lowest BCUT2D eigenvalue weighted by Gasteiger charge is -2.23. The summed E-state index contributed by atoms with van der Waals surface area (Å²) in [5, 5.41) is 4.93. The zero-order valence-electron chi connectivity index (χ0n) is 20.7. The maximum atomic E-state index is 13.5. The molecule has 4 nitrogen and oxygen atoms in total. The Hall–Kier alpha value is -3.13. The van der Waals surface area contributed by atoms with Crippen molar-refractivity contribution in [2.75, 3.05) is 5.75 Å². The summed E-state index contributed by atoms with van der Waals surface area (Å²) >= 11 is 8.85. The summed E-state index contributed by atoms with van der Waals surface area (Å²) < 4.78 is 2.44. The lowest BCUT2D eigenvalue weighted by atomic mass is 10.1. The predicted molar refractivity (Wildman–Crippen MR) is 160 cm³/mol. The Labute approximate surface area is 231 Å². The summed E-state index contributed by atoms with van der Waals surface area (Å²) in [6.45, 7) is 4.20. The molecule has 0 saturated carbocycles. The molecule has 0 bridgehead atoms. The summed E-state index contributed by atoms with van der Waals surface area (Å²) in [4.78, 5) is 17.1. The number of thioether (sulfide) groups is 2. The molecular formula is C30H27N3OS3. The molecule has 0 spiro atoms. The number of amides is 1. The lowest BCUT2D eigenvalue weighted by molar-refractivity contribution is -0.123. The van der Waals surface area contributed by atoms with Crippen LogP contribution >= 0.6 is 35.7 Å². The highest BCUT2D eigenvalue weighted by molar-refractivity contribution is 8.26. The van der Waals surface area contributed by atoms with Crippen molar-refractivity contribution in [3.63, 3.8) is 0 Å². The lowest BCUT2D eigenvalue weighted by Crippen LogP contribution is -2.30. The number of thiocarbonyl (C=S) groups is 1. The molecule has 0 N–H and O–H groups in total. The van der Waals surface area contributed by atoms with E-state index >= 15 is 0 Å². The second kappa shape index (κ2) is 11.5. The highest BCUT2D eigenvalue weighted by atomic mass is 32.2. The van der Waals surface area contributed by atoms with Crippen molar-refractivity contribution in [3.8, 4) is 16.9 Å². The van der Waals surface area contributed by atoms with Crippen LogP contribution in [0.25, 0.3) is 23.0 Å². The first-order valence-corrected chi connectivity index (χ1v) is 14.5. The van der Waals surface area contributed by atoms with E-state index in [1.807, 2.05) is 96.3 Å². The van der Waals surface area contributed by atoms with Crippen LogP contribution in [0.2, 0.25) is 0 Å². The van der Waals surface area contributed by atoms with E-state index in [-0.39, 0.29) is 11.9 Å². The highest BCUT2D eigenvalue weighted by Gasteiger charge is 2.36. The molecule has 7 heteroatoms. The Morgan fingerprint density at radius 2 is 1.68 bits per heavy atom. The molecule has 0 aliphatic carbocycles. The SMILES string of the molecule is CCCSc1ccc(-c2nn(-c3ccccc3)cc2/C=C2\SC(=S)N(C(C)c3ccccc3)C2=O)cc1. The topological polar surface area (TPSA) is 38.1 Å². The molecular weight excluding hydrogens is 515 g/mol. The van der Waals surface area contributed by atoms with Crippen molar-refractivity contribution in [2.24, 2.45) is 0 Å². The van der Waals surface area contributed by atoms with Gasteiger partial charge >= 0.3 is 0 Å². The summed E-state index contributed by atoms with van der Waals surface area (Å²) in [5.41, 5.74) is 4.74. The van der Waals surface area contributed by atoms with E-state index in [0.29, 0.717) is 9.23 Å². The third-order valence-electron chi connectivity index (χ3n) is 6.14. The van der Waals surface area contributed by atoms with Crippen LogP contribution in [0.4, 0.5) is 0 Å². The van der Waals surface area contributed by atoms with Crippen LogP contribution in [-0.2, 0) is 4.79 Å². The molecule has 1 unspecified atom stereocenters. The van der Waals surface area contributed by atoms with Crippen molar-refractivity contribution in [2.45, 2.75) is 31.2 Å². The van der Waals surface area contributed by atoms with E-state index < -0.39 is 0 Å². The van der Waals surface area contributed by atoms with Crippen LogP contribution in [0.1, 0.15) is 37.4 Å². The van der Waals surface area contributed by atoms with E-state index in [9.17, 15) is 4.79 Å². The Balaban J connectivity index is 1.51. The minimum atomic E-state index is -0.140. The number of hydrogen-bond donors (Lipinski definition) is 0. The van der Waals surface area contributed by atoms with Gasteiger partial charge < -0.3 is 0 Å². The molecule has 0 radical (unpaired) electrons. The Kier molecular flexibility index (Phi) is 7.93. The summed E-state index contributed by atoms with van der Waals surface area (Å²) in [7, 11) is 0. The average molecular weight is 542 g/mol. The molecule has 3 aromatic carbocycles. The second-order valence-corrected chi connectivity index (χ2v) is 11.6. The fourth-order valence-electron chi connectivity index (χ4n) is 4.19. The Morgan fingerprint density at radius 1 is 1.00 bits per heavy atom. The highest BCUT2D eigenvalue weighted by Crippen LogP contribution is 2.39. The third-order valence-corrected chi connectivity index (χ3v) is 8.69. The standard InChI is InChI=1S/C30H27N3OS3/c1-3-18-36-26-16-14-23(15-17-26)28-24(20-32(31-28)25-12-8-5-9-13-25)19-27-29(34)33(30(35)37-27)21(2)22-10-6-4-7-11-22/h4-17,19-21H,3,18H2,1-2H3/b27-19-. The van der Waals surface area contributed by atoms with Crippen molar-refractivity contribution in [1.82, 2.24) is 14.7 Å². The molecule has 4 aromatic rings. The number of aromatic nitrogens is 2. The van der Waals surface area contributed by atoms with Crippen LogP contribution in [0, 0.1) is 0 Å². The van der Waals surface area contributed by atoms with Gasteiger partial charge in [0.05, 0.1) is 22.3 Å². The fraction of sp³-hybridized carbons (Fsp3) is 0.167. The van der Waals surface area contributed by atoms with Gasteiger partial charge in [-0.2, -0.15) is 5.10 Å². The first-order valence-electron chi connectivity index (χ1n) is 12.3. The Morgan fingerprint density at radius 3 is 2.35 bits per heavy atom. The normalized spacial score (nSPS) is 15.5. The molecule has 1 saturated heterocycles. The first-order chi connectivity index (χ1) is 18.0. The zero-order chi connectivity index (χ0) is 25.8. The van der Waals surface area contributed by atoms with E-state index in [1.165, 1.54) is 16.7 Å². The van der Waals surface area contributed by atoms with Gasteiger partial charge in [-0.3, -0.25) is 9.69 Å². The zero-order valence-corrected chi connectivity index (χ0v) is 23.2.